The first-order valence-electron chi connectivity index (χ1n) is 6.02. The zero-order valence-corrected chi connectivity index (χ0v) is 10.4. The summed E-state index contributed by atoms with van der Waals surface area (Å²) >= 11 is 0. The predicted octanol–water partition coefficient (Wildman–Crippen LogP) is 2.77. The number of aromatic nitrogens is 1. The molecule has 0 radical (unpaired) electrons. The molecule has 0 saturated heterocycles. The van der Waals surface area contributed by atoms with Crippen LogP contribution in [0.5, 0.6) is 0 Å². The van der Waals surface area contributed by atoms with Gasteiger partial charge < -0.3 is 5.32 Å². The first kappa shape index (κ1) is 12.3. The van der Waals surface area contributed by atoms with Gasteiger partial charge in [-0.2, -0.15) is 0 Å². The minimum atomic E-state index is 0.00619. The Kier molecular flexibility index (Phi) is 4.07. The van der Waals surface area contributed by atoms with Crippen molar-refractivity contribution in [3.05, 3.63) is 48.3 Å². The van der Waals surface area contributed by atoms with Crippen LogP contribution in [-0.4, -0.2) is 17.4 Å². The Morgan fingerprint density at radius 2 is 2.17 bits per heavy atom. The van der Waals surface area contributed by atoms with Gasteiger partial charge in [0, 0.05) is 25.1 Å². The Bertz CT molecular complexity index is 570. The number of carbonyl (C=O) groups excluding carboxylic acids is 1. The van der Waals surface area contributed by atoms with E-state index in [0.717, 1.165) is 17.5 Å². The third kappa shape index (κ3) is 3.17. The van der Waals surface area contributed by atoms with Crippen molar-refractivity contribution in [1.29, 1.82) is 0 Å². The molecule has 1 aromatic carbocycles. The second-order valence-corrected chi connectivity index (χ2v) is 4.09. The quantitative estimate of drug-likeness (QED) is 0.835. The molecule has 0 fully saturated rings. The molecule has 1 amide bonds. The Hall–Kier alpha value is -2.16. The molecular formula is C15H16N2O. The Labute approximate surface area is 107 Å². The minimum Gasteiger partial charge on any atom is -0.356 e. The van der Waals surface area contributed by atoms with E-state index in [-0.39, 0.29) is 5.91 Å². The fourth-order valence-corrected chi connectivity index (χ4v) is 1.80. The summed E-state index contributed by atoms with van der Waals surface area (Å²) in [6, 6.07) is 10.2. The van der Waals surface area contributed by atoms with Crippen LogP contribution in [0, 0.1) is 0 Å². The number of nitrogens with zero attached hydrogens (tertiary/aromatic N) is 1. The molecule has 0 aliphatic carbocycles. The van der Waals surface area contributed by atoms with Crippen molar-refractivity contribution >= 4 is 22.8 Å². The molecule has 3 nitrogen and oxygen atoms in total. The number of amides is 1. The van der Waals surface area contributed by atoms with E-state index in [4.69, 9.17) is 0 Å². The average Bonchev–Trinajstić information content (AvgIpc) is 2.38. The number of nitrogens with one attached hydrogen (secondary N) is 1. The van der Waals surface area contributed by atoms with Crippen molar-refractivity contribution in [2.45, 2.75) is 13.3 Å². The van der Waals surface area contributed by atoms with Gasteiger partial charge in [0.25, 0.3) is 0 Å². The molecule has 92 valence electrons. The third-order valence-corrected chi connectivity index (χ3v) is 2.67. The molecule has 2 aromatic rings. The maximum absolute atomic E-state index is 10.7. The largest absolute Gasteiger partial charge is 0.356 e. The summed E-state index contributed by atoms with van der Waals surface area (Å²) < 4.78 is 0. The summed E-state index contributed by atoms with van der Waals surface area (Å²) in [4.78, 5) is 15.1. The summed E-state index contributed by atoms with van der Waals surface area (Å²) in [5, 5.41) is 5.10. The topological polar surface area (TPSA) is 42.0 Å². The van der Waals surface area contributed by atoms with Gasteiger partial charge in [-0.1, -0.05) is 30.3 Å². The number of rotatable bonds is 4. The lowest BCUT2D eigenvalue weighted by Crippen LogP contribution is -2.20. The van der Waals surface area contributed by atoms with Gasteiger partial charge in [-0.25, -0.2) is 0 Å². The van der Waals surface area contributed by atoms with E-state index >= 15 is 0 Å². The normalized spacial score (nSPS) is 10.9. The molecule has 2 rings (SSSR count). The zero-order chi connectivity index (χ0) is 12.8. The molecule has 18 heavy (non-hydrogen) atoms. The molecule has 0 aliphatic heterocycles. The lowest BCUT2D eigenvalue weighted by atomic mass is 10.1. The minimum absolute atomic E-state index is 0.00619. The van der Waals surface area contributed by atoms with Crippen LogP contribution in [0.4, 0.5) is 0 Å². The van der Waals surface area contributed by atoms with Crippen LogP contribution in [-0.2, 0) is 4.79 Å². The molecule has 0 saturated carbocycles. The van der Waals surface area contributed by atoms with Gasteiger partial charge in [-0.15, -0.1) is 0 Å². The number of carbonyl (C=O) groups is 1. The Morgan fingerprint density at radius 3 is 3.00 bits per heavy atom. The number of pyridine rings is 1. The monoisotopic (exact) mass is 240 g/mol. The highest BCUT2D eigenvalue weighted by Gasteiger charge is 1.97. The number of hydrogen-bond acceptors (Lipinski definition) is 2. The van der Waals surface area contributed by atoms with E-state index < -0.39 is 0 Å². The van der Waals surface area contributed by atoms with E-state index in [9.17, 15) is 4.79 Å². The maximum Gasteiger partial charge on any atom is 0.216 e. The lowest BCUT2D eigenvalue weighted by molar-refractivity contribution is -0.118. The van der Waals surface area contributed by atoms with E-state index in [1.165, 1.54) is 12.3 Å². The van der Waals surface area contributed by atoms with Crippen LogP contribution in [0.25, 0.3) is 16.8 Å². The fourth-order valence-electron chi connectivity index (χ4n) is 1.80. The second kappa shape index (κ2) is 5.96. The van der Waals surface area contributed by atoms with Gasteiger partial charge in [0.2, 0.25) is 5.91 Å². The molecule has 0 aliphatic rings. The van der Waals surface area contributed by atoms with Crippen LogP contribution in [0.2, 0.25) is 0 Å². The second-order valence-electron chi connectivity index (χ2n) is 4.09. The Morgan fingerprint density at radius 1 is 1.33 bits per heavy atom. The van der Waals surface area contributed by atoms with Gasteiger partial charge in [-0.05, 0) is 23.9 Å². The van der Waals surface area contributed by atoms with Gasteiger partial charge in [0.1, 0.15) is 0 Å². The number of fused-ring (bicyclic) bond motifs is 1. The molecular weight excluding hydrogens is 224 g/mol. The van der Waals surface area contributed by atoms with Crippen molar-refractivity contribution < 1.29 is 4.79 Å². The van der Waals surface area contributed by atoms with Crippen LogP contribution in [0.1, 0.15) is 19.0 Å². The van der Waals surface area contributed by atoms with E-state index in [1.54, 1.807) is 0 Å². The number of hydrogen-bond donors (Lipinski definition) is 1. The predicted molar refractivity (Wildman–Crippen MR) is 74.1 cm³/mol. The fraction of sp³-hybridized carbons (Fsp3) is 0.200. The van der Waals surface area contributed by atoms with Crippen LogP contribution < -0.4 is 5.32 Å². The van der Waals surface area contributed by atoms with Gasteiger partial charge >= 0.3 is 0 Å². The van der Waals surface area contributed by atoms with E-state index in [0.29, 0.717) is 6.54 Å². The van der Waals surface area contributed by atoms with Crippen molar-refractivity contribution in [1.82, 2.24) is 10.3 Å². The molecule has 1 N–H and O–H groups in total. The van der Waals surface area contributed by atoms with Crippen LogP contribution in [0.15, 0.2) is 42.6 Å². The molecule has 0 atom stereocenters. The summed E-state index contributed by atoms with van der Waals surface area (Å²) in [7, 11) is 0. The molecule has 0 spiro atoms. The van der Waals surface area contributed by atoms with Crippen LogP contribution in [0.3, 0.4) is 0 Å². The molecule has 1 heterocycles. The zero-order valence-electron chi connectivity index (χ0n) is 10.4. The number of benzene rings is 1. The third-order valence-electron chi connectivity index (χ3n) is 2.67. The first-order chi connectivity index (χ1) is 8.77. The van der Waals surface area contributed by atoms with E-state index in [2.05, 4.69) is 22.4 Å². The van der Waals surface area contributed by atoms with Crippen molar-refractivity contribution in [2.24, 2.45) is 0 Å². The molecule has 1 aromatic heterocycles. The summed E-state index contributed by atoms with van der Waals surface area (Å²) in [5.74, 6) is 0.00619. The van der Waals surface area contributed by atoms with Crippen LogP contribution >= 0.6 is 0 Å². The molecule has 3 heteroatoms. The van der Waals surface area contributed by atoms with Crippen molar-refractivity contribution in [3.63, 3.8) is 0 Å². The average molecular weight is 240 g/mol. The van der Waals surface area contributed by atoms with E-state index in [1.807, 2.05) is 36.5 Å². The standard InChI is InChI=1S/C15H16N2O/c1-12(18)16-10-5-4-8-15-14-7-3-2-6-13(14)9-11-17-15/h2-4,6-9,11H,5,10H2,1H3,(H,16,18). The Balaban J connectivity index is 2.07. The highest BCUT2D eigenvalue weighted by Crippen LogP contribution is 2.17. The molecule has 0 unspecified atom stereocenters. The highest BCUT2D eigenvalue weighted by molar-refractivity contribution is 5.88. The van der Waals surface area contributed by atoms with Crippen molar-refractivity contribution in [3.8, 4) is 0 Å². The SMILES string of the molecule is CC(=O)NCCC=Cc1nccc2ccccc12. The highest BCUT2D eigenvalue weighted by atomic mass is 16.1. The summed E-state index contributed by atoms with van der Waals surface area (Å²) in [6.07, 6.45) is 6.66. The molecule has 0 bridgehead atoms. The maximum atomic E-state index is 10.7. The summed E-state index contributed by atoms with van der Waals surface area (Å²) in [6.45, 7) is 2.19. The van der Waals surface area contributed by atoms with Gasteiger partial charge in [-0.3, -0.25) is 9.78 Å². The smallest absolute Gasteiger partial charge is 0.216 e. The van der Waals surface area contributed by atoms with Gasteiger partial charge in [0.15, 0.2) is 0 Å². The lowest BCUT2D eigenvalue weighted by Gasteiger charge is -2.01. The van der Waals surface area contributed by atoms with Crippen molar-refractivity contribution in [2.75, 3.05) is 6.54 Å². The summed E-state index contributed by atoms with van der Waals surface area (Å²) in [5.41, 5.74) is 0.968. The first-order valence-corrected chi connectivity index (χ1v) is 6.02. The van der Waals surface area contributed by atoms with Gasteiger partial charge in [0.05, 0.1) is 5.69 Å².